The summed E-state index contributed by atoms with van der Waals surface area (Å²) in [6, 6.07) is 4.09. The molecule has 1 unspecified atom stereocenters. The van der Waals surface area contributed by atoms with Crippen molar-refractivity contribution in [2.45, 2.75) is 52.5 Å². The molecule has 0 saturated carbocycles. The van der Waals surface area contributed by atoms with Gasteiger partial charge in [0.2, 0.25) is 0 Å². The van der Waals surface area contributed by atoms with E-state index in [1.807, 2.05) is 17.0 Å². The second-order valence-corrected chi connectivity index (χ2v) is 7.66. The number of rotatable bonds is 3. The number of carbonyl (C=O) groups is 1. The van der Waals surface area contributed by atoms with E-state index in [1.165, 1.54) is 25.9 Å². The van der Waals surface area contributed by atoms with E-state index < -0.39 is 0 Å². The monoisotopic (exact) mass is 424 g/mol. The Hall–Kier alpha value is 0.0439. The molecule has 3 nitrogen and oxygen atoms in total. The van der Waals surface area contributed by atoms with Gasteiger partial charge in [-0.2, -0.15) is 0 Å². The van der Waals surface area contributed by atoms with Crippen LogP contribution in [0, 0.1) is 13.8 Å². The van der Waals surface area contributed by atoms with Crippen molar-refractivity contribution in [1.82, 2.24) is 0 Å². The van der Waals surface area contributed by atoms with Gasteiger partial charge in [-0.3, -0.25) is 4.79 Å². The molecule has 5 heteroatoms. The summed E-state index contributed by atoms with van der Waals surface area (Å²) < 4.78 is 1.00. The van der Waals surface area contributed by atoms with Crippen LogP contribution in [0.4, 0.5) is 5.69 Å². The maximum Gasteiger partial charge on any atom is 0.285 e. The van der Waals surface area contributed by atoms with Crippen molar-refractivity contribution in [2.75, 3.05) is 31.1 Å². The molecule has 1 aromatic rings. The van der Waals surface area contributed by atoms with Gasteiger partial charge in [-0.05, 0) is 50.5 Å². The molecule has 2 aliphatic rings. The minimum absolute atomic E-state index is 0. The number of hydrogen-bond acceptors (Lipinski definition) is 1. The van der Waals surface area contributed by atoms with Gasteiger partial charge in [0.1, 0.15) is 0 Å². The third-order valence-electron chi connectivity index (χ3n) is 5.88. The minimum Gasteiger partial charge on any atom is -0.314 e. The number of halogens is 1. The van der Waals surface area contributed by atoms with Crippen LogP contribution in [0.3, 0.4) is 0 Å². The molecule has 1 aromatic carbocycles. The quantitative estimate of drug-likeness (QED) is 0.670. The van der Waals surface area contributed by atoms with Crippen LogP contribution in [0.1, 0.15) is 43.7 Å². The van der Waals surface area contributed by atoms with Crippen LogP contribution in [-0.4, -0.2) is 42.6 Å². The molecule has 24 heavy (non-hydrogen) atoms. The average Bonchev–Trinajstić information content (AvgIpc) is 2.98. The van der Waals surface area contributed by atoms with Gasteiger partial charge in [0.25, 0.3) is 5.91 Å². The molecule has 2 aliphatic heterocycles. The second kappa shape index (κ2) is 8.16. The van der Waals surface area contributed by atoms with E-state index in [-0.39, 0.29) is 38.8 Å². The summed E-state index contributed by atoms with van der Waals surface area (Å²) >= 11 is 6.17. The Morgan fingerprint density at radius 1 is 1.17 bits per heavy atom. The third-order valence-corrected chi connectivity index (χ3v) is 6.10. The molecule has 0 aromatic heterocycles. The van der Waals surface area contributed by atoms with Crippen molar-refractivity contribution in [3.05, 3.63) is 28.3 Å². The zero-order valence-corrected chi connectivity index (χ0v) is 18.7. The predicted octanol–water partition coefficient (Wildman–Crippen LogP) is 4.08. The molecule has 0 N–H and O–H groups in total. The smallest absolute Gasteiger partial charge is 0.285 e. The van der Waals surface area contributed by atoms with Gasteiger partial charge in [-0.25, -0.2) is 0 Å². The van der Waals surface area contributed by atoms with E-state index >= 15 is 0 Å². The van der Waals surface area contributed by atoms with Gasteiger partial charge in [0.15, 0.2) is 6.04 Å². The number of hydrogen-bond donors (Lipinski definition) is 0. The summed E-state index contributed by atoms with van der Waals surface area (Å²) in [6.45, 7) is 10.6. The summed E-state index contributed by atoms with van der Waals surface area (Å²) in [5.74, 6) is 0.327. The van der Waals surface area contributed by atoms with Crippen molar-refractivity contribution in [1.29, 1.82) is 0 Å². The number of carbonyl (C=O) groups excluding carboxylic acids is 1. The SMILES string of the molecule is CC[N+]1(C2CCCN(c3c(C)cc(Cl)cc3C)C2=O)CCCC1.[Y]. The summed E-state index contributed by atoms with van der Waals surface area (Å²) in [6.07, 6.45) is 4.65. The number of benzene rings is 1. The molecular formula is C19H28ClN2OY+. The summed E-state index contributed by atoms with van der Waals surface area (Å²) in [7, 11) is 0. The zero-order valence-electron chi connectivity index (χ0n) is 15.1. The molecule has 1 radical (unpaired) electrons. The number of likely N-dealkylation sites (tertiary alicyclic amines) is 1. The first-order chi connectivity index (χ1) is 11.0. The molecular weight excluding hydrogens is 397 g/mol. The first-order valence-electron chi connectivity index (χ1n) is 8.92. The predicted molar refractivity (Wildman–Crippen MR) is 96.1 cm³/mol. The van der Waals surface area contributed by atoms with Crippen molar-refractivity contribution < 1.29 is 42.0 Å². The normalized spacial score (nSPS) is 23.2. The number of likely N-dealkylation sites (N-methyl/N-ethyl adjacent to an activating group) is 1. The maximum atomic E-state index is 13.3. The van der Waals surface area contributed by atoms with Crippen LogP contribution in [0.15, 0.2) is 12.1 Å². The van der Waals surface area contributed by atoms with Gasteiger partial charge >= 0.3 is 0 Å². The average molecular weight is 425 g/mol. The molecule has 3 rings (SSSR count). The standard InChI is InChI=1S/C19H28ClN2O.Y/c1-4-22(10-5-6-11-22)17-8-7-9-21(19(17)23)18-14(2)12-16(20)13-15(18)3;/h12-13,17H,4-11H2,1-3H3;/q+1;. The Bertz CT molecular complexity index is 590. The summed E-state index contributed by atoms with van der Waals surface area (Å²) in [5.41, 5.74) is 3.29. The first kappa shape index (κ1) is 20.4. The number of amides is 1. The van der Waals surface area contributed by atoms with Crippen LogP contribution >= 0.6 is 11.6 Å². The molecule has 0 aliphatic carbocycles. The second-order valence-electron chi connectivity index (χ2n) is 7.23. The van der Waals surface area contributed by atoms with Gasteiger partial charge in [0.05, 0.1) is 19.6 Å². The Balaban J connectivity index is 0.00000208. The number of nitrogens with zero attached hydrogens (tertiary/aromatic N) is 2. The van der Waals surface area contributed by atoms with E-state index in [2.05, 4.69) is 20.8 Å². The summed E-state index contributed by atoms with van der Waals surface area (Å²) in [4.78, 5) is 15.4. The van der Waals surface area contributed by atoms with Crippen LogP contribution in [-0.2, 0) is 37.5 Å². The minimum atomic E-state index is 0. The molecule has 129 valence electrons. The molecule has 0 bridgehead atoms. The number of quaternary nitrogens is 1. The largest absolute Gasteiger partial charge is 0.314 e. The van der Waals surface area contributed by atoms with E-state index in [0.717, 1.165) is 52.3 Å². The van der Waals surface area contributed by atoms with Crippen LogP contribution in [0.2, 0.25) is 5.02 Å². The van der Waals surface area contributed by atoms with Gasteiger partial charge < -0.3 is 9.38 Å². The topological polar surface area (TPSA) is 20.3 Å². The fourth-order valence-electron chi connectivity index (χ4n) is 4.73. The zero-order chi connectivity index (χ0) is 16.6. The van der Waals surface area contributed by atoms with Crippen molar-refractivity contribution in [2.24, 2.45) is 0 Å². The maximum absolute atomic E-state index is 13.3. The number of anilines is 1. The first-order valence-corrected chi connectivity index (χ1v) is 9.30. The van der Waals surface area contributed by atoms with Gasteiger partial charge in [-0.1, -0.05) is 11.6 Å². The van der Waals surface area contributed by atoms with E-state index in [9.17, 15) is 4.79 Å². The Morgan fingerprint density at radius 3 is 2.29 bits per heavy atom. The fraction of sp³-hybridized carbons (Fsp3) is 0.632. The van der Waals surface area contributed by atoms with Crippen LogP contribution in [0.5, 0.6) is 0 Å². The molecule has 2 heterocycles. The van der Waals surface area contributed by atoms with Gasteiger partial charge in [0, 0.05) is 69.2 Å². The molecule has 0 spiro atoms. The van der Waals surface area contributed by atoms with Crippen molar-refractivity contribution in [3.63, 3.8) is 0 Å². The molecule has 1 amide bonds. The van der Waals surface area contributed by atoms with Gasteiger partial charge in [-0.15, -0.1) is 0 Å². The molecule has 2 saturated heterocycles. The number of piperidine rings is 1. The van der Waals surface area contributed by atoms with Crippen LogP contribution < -0.4 is 4.90 Å². The van der Waals surface area contributed by atoms with Crippen LogP contribution in [0.25, 0.3) is 0 Å². The van der Waals surface area contributed by atoms with Crippen molar-refractivity contribution >= 4 is 23.2 Å². The molecule has 2 fully saturated rings. The fourth-order valence-corrected chi connectivity index (χ4v) is 5.06. The third kappa shape index (κ3) is 3.60. The Labute approximate surface area is 176 Å². The van der Waals surface area contributed by atoms with E-state index in [1.54, 1.807) is 0 Å². The van der Waals surface area contributed by atoms with E-state index in [0.29, 0.717) is 5.91 Å². The Morgan fingerprint density at radius 2 is 1.75 bits per heavy atom. The summed E-state index contributed by atoms with van der Waals surface area (Å²) in [5, 5.41) is 0.751. The van der Waals surface area contributed by atoms with Crippen molar-refractivity contribution in [3.8, 4) is 0 Å². The molecule has 1 atom stereocenters. The van der Waals surface area contributed by atoms with E-state index in [4.69, 9.17) is 11.6 Å². The number of aryl methyl sites for hydroxylation is 2. The Kier molecular flexibility index (Phi) is 6.92.